The molecule has 0 bridgehead atoms. The molecule has 1 N–H and O–H groups in total. The fraction of sp³-hybridized carbons (Fsp3) is 0.360. The summed E-state index contributed by atoms with van der Waals surface area (Å²) in [5.74, 6) is 0.228. The van der Waals surface area contributed by atoms with Gasteiger partial charge in [0.2, 0.25) is 11.8 Å². The van der Waals surface area contributed by atoms with Gasteiger partial charge in [-0.1, -0.05) is 48.5 Å². The van der Waals surface area contributed by atoms with E-state index in [0.717, 1.165) is 36.9 Å². The third kappa shape index (κ3) is 2.76. The predicted molar refractivity (Wildman–Crippen MR) is 115 cm³/mol. The third-order valence-electron chi connectivity index (χ3n) is 6.95. The van der Waals surface area contributed by atoms with Gasteiger partial charge in [0, 0.05) is 29.1 Å². The Balaban J connectivity index is 1.42. The van der Waals surface area contributed by atoms with Gasteiger partial charge in [0.15, 0.2) is 0 Å². The molecule has 0 spiro atoms. The number of amides is 2. The van der Waals surface area contributed by atoms with Crippen LogP contribution >= 0.6 is 0 Å². The van der Waals surface area contributed by atoms with Crippen LogP contribution in [0, 0.1) is 0 Å². The summed E-state index contributed by atoms with van der Waals surface area (Å²) in [6, 6.07) is 18.5. The fourth-order valence-electron chi connectivity index (χ4n) is 5.35. The molecule has 1 aliphatic carbocycles. The number of rotatable bonds is 4. The first kappa shape index (κ1) is 17.8. The van der Waals surface area contributed by atoms with Crippen molar-refractivity contribution >= 4 is 22.7 Å². The molecule has 152 valence electrons. The summed E-state index contributed by atoms with van der Waals surface area (Å²) in [6.07, 6.45) is 4.35. The van der Waals surface area contributed by atoms with E-state index in [4.69, 9.17) is 0 Å². The number of aromatic amines is 1. The molecule has 30 heavy (non-hydrogen) atoms. The standard InChI is InChI=1S/C25H25N3O2/c29-23-15-27(17-11-12-17)25(30)22-14-19-18-8-4-5-9-20(18)26-24(19)21(28(22)23)13-10-16-6-2-1-3-7-16/h1-9,17,21-22,26H,10-15H2/t21-,22+/m1/s1. The lowest BCUT2D eigenvalue weighted by atomic mass is 9.86. The summed E-state index contributed by atoms with van der Waals surface area (Å²) in [4.78, 5) is 34.0. The Morgan fingerprint density at radius 2 is 1.73 bits per heavy atom. The van der Waals surface area contributed by atoms with Crippen LogP contribution in [0.4, 0.5) is 0 Å². The number of benzene rings is 2. The van der Waals surface area contributed by atoms with Crippen molar-refractivity contribution in [1.82, 2.24) is 14.8 Å². The molecule has 5 nitrogen and oxygen atoms in total. The maximum Gasteiger partial charge on any atom is 0.246 e. The van der Waals surface area contributed by atoms with Gasteiger partial charge in [-0.05, 0) is 42.9 Å². The normalized spacial score (nSPS) is 23.6. The molecule has 2 amide bonds. The van der Waals surface area contributed by atoms with Crippen molar-refractivity contribution < 1.29 is 9.59 Å². The number of H-pyrrole nitrogens is 1. The molecule has 3 aromatic rings. The van der Waals surface area contributed by atoms with Gasteiger partial charge < -0.3 is 14.8 Å². The van der Waals surface area contributed by atoms with Crippen molar-refractivity contribution in [3.8, 4) is 0 Å². The highest BCUT2D eigenvalue weighted by atomic mass is 16.2. The lowest BCUT2D eigenvalue weighted by Crippen LogP contribution is -2.63. The average molecular weight is 399 g/mol. The first-order chi connectivity index (χ1) is 14.7. The topological polar surface area (TPSA) is 56.4 Å². The Morgan fingerprint density at radius 1 is 0.967 bits per heavy atom. The van der Waals surface area contributed by atoms with Gasteiger partial charge in [-0.2, -0.15) is 0 Å². The minimum Gasteiger partial charge on any atom is -0.356 e. The summed E-state index contributed by atoms with van der Waals surface area (Å²) >= 11 is 0. The molecule has 0 radical (unpaired) electrons. The minimum atomic E-state index is -0.376. The van der Waals surface area contributed by atoms with Gasteiger partial charge in [-0.3, -0.25) is 9.59 Å². The van der Waals surface area contributed by atoms with Crippen LogP contribution in [-0.4, -0.2) is 45.2 Å². The molecule has 1 aromatic heterocycles. The molecule has 2 aliphatic heterocycles. The number of hydrogen-bond acceptors (Lipinski definition) is 2. The van der Waals surface area contributed by atoms with Crippen LogP contribution < -0.4 is 0 Å². The van der Waals surface area contributed by atoms with E-state index in [1.165, 1.54) is 16.5 Å². The van der Waals surface area contributed by atoms with Gasteiger partial charge >= 0.3 is 0 Å². The largest absolute Gasteiger partial charge is 0.356 e. The lowest BCUT2D eigenvalue weighted by Gasteiger charge is -2.47. The third-order valence-corrected chi connectivity index (χ3v) is 6.95. The summed E-state index contributed by atoms with van der Waals surface area (Å²) in [5.41, 5.74) is 4.67. The molecule has 6 rings (SSSR count). The molecule has 2 fully saturated rings. The van der Waals surface area contributed by atoms with E-state index < -0.39 is 0 Å². The fourth-order valence-corrected chi connectivity index (χ4v) is 5.35. The van der Waals surface area contributed by atoms with Gasteiger partial charge in [-0.15, -0.1) is 0 Å². The maximum atomic E-state index is 13.4. The number of nitrogens with zero attached hydrogens (tertiary/aromatic N) is 2. The molecular formula is C25H25N3O2. The van der Waals surface area contributed by atoms with Crippen molar-refractivity contribution in [2.45, 2.75) is 50.2 Å². The van der Waals surface area contributed by atoms with Crippen LogP contribution in [0.3, 0.4) is 0 Å². The van der Waals surface area contributed by atoms with Crippen LogP contribution in [-0.2, 0) is 22.4 Å². The number of fused-ring (bicyclic) bond motifs is 4. The van der Waals surface area contributed by atoms with E-state index >= 15 is 0 Å². The smallest absolute Gasteiger partial charge is 0.246 e. The minimum absolute atomic E-state index is 0.0915. The molecule has 2 atom stereocenters. The molecular weight excluding hydrogens is 374 g/mol. The lowest BCUT2D eigenvalue weighted by molar-refractivity contribution is -0.160. The zero-order valence-electron chi connectivity index (χ0n) is 16.9. The first-order valence-corrected chi connectivity index (χ1v) is 11.0. The summed E-state index contributed by atoms with van der Waals surface area (Å²) in [5, 5.41) is 1.18. The quantitative estimate of drug-likeness (QED) is 0.729. The molecule has 1 saturated carbocycles. The number of para-hydroxylation sites is 1. The monoisotopic (exact) mass is 399 g/mol. The maximum absolute atomic E-state index is 13.4. The van der Waals surface area contributed by atoms with Crippen LogP contribution in [0.5, 0.6) is 0 Å². The van der Waals surface area contributed by atoms with E-state index in [-0.39, 0.29) is 36.5 Å². The Kier molecular flexibility index (Phi) is 3.98. The zero-order valence-corrected chi connectivity index (χ0v) is 16.9. The summed E-state index contributed by atoms with van der Waals surface area (Å²) < 4.78 is 0. The second-order valence-electron chi connectivity index (χ2n) is 8.82. The second-order valence-corrected chi connectivity index (χ2v) is 8.82. The van der Waals surface area contributed by atoms with Crippen molar-refractivity contribution in [3.63, 3.8) is 0 Å². The molecule has 5 heteroatoms. The van der Waals surface area contributed by atoms with Gasteiger partial charge in [0.25, 0.3) is 0 Å². The van der Waals surface area contributed by atoms with Crippen LogP contribution in [0.15, 0.2) is 54.6 Å². The molecule has 2 aromatic carbocycles. The average Bonchev–Trinajstić information content (AvgIpc) is 3.55. The number of carbonyl (C=O) groups is 2. The second kappa shape index (κ2) is 6.73. The van der Waals surface area contributed by atoms with Crippen molar-refractivity contribution in [1.29, 1.82) is 0 Å². The van der Waals surface area contributed by atoms with E-state index in [1.54, 1.807) is 0 Å². The van der Waals surface area contributed by atoms with E-state index in [1.807, 2.05) is 28.0 Å². The predicted octanol–water partition coefficient (Wildman–Crippen LogP) is 3.60. The van der Waals surface area contributed by atoms with Crippen LogP contribution in [0.25, 0.3) is 10.9 Å². The number of hydrogen-bond donors (Lipinski definition) is 1. The van der Waals surface area contributed by atoms with Crippen LogP contribution in [0.2, 0.25) is 0 Å². The van der Waals surface area contributed by atoms with Gasteiger partial charge in [0.05, 0.1) is 6.04 Å². The summed E-state index contributed by atoms with van der Waals surface area (Å²) in [6.45, 7) is 0.234. The Labute approximate surface area is 175 Å². The van der Waals surface area contributed by atoms with Gasteiger partial charge in [-0.25, -0.2) is 0 Å². The first-order valence-electron chi connectivity index (χ1n) is 11.0. The molecule has 0 unspecified atom stereocenters. The molecule has 3 heterocycles. The van der Waals surface area contributed by atoms with Crippen molar-refractivity contribution in [3.05, 3.63) is 71.4 Å². The molecule has 1 saturated heterocycles. The zero-order chi connectivity index (χ0) is 20.2. The Morgan fingerprint density at radius 3 is 2.53 bits per heavy atom. The highest BCUT2D eigenvalue weighted by Gasteiger charge is 2.50. The Hall–Kier alpha value is -3.08. The Bertz CT molecular complexity index is 1130. The van der Waals surface area contributed by atoms with E-state index in [0.29, 0.717) is 6.42 Å². The number of nitrogens with one attached hydrogen (secondary N) is 1. The number of carbonyl (C=O) groups excluding carboxylic acids is 2. The highest BCUT2D eigenvalue weighted by molar-refractivity contribution is 5.97. The van der Waals surface area contributed by atoms with Crippen LogP contribution in [0.1, 0.15) is 42.1 Å². The van der Waals surface area contributed by atoms with E-state index in [2.05, 4.69) is 41.4 Å². The number of piperazine rings is 1. The van der Waals surface area contributed by atoms with E-state index in [9.17, 15) is 9.59 Å². The number of aryl methyl sites for hydroxylation is 1. The van der Waals surface area contributed by atoms with Crippen molar-refractivity contribution in [2.24, 2.45) is 0 Å². The highest BCUT2D eigenvalue weighted by Crippen LogP contribution is 2.42. The SMILES string of the molecule is O=C1[C@@H]2Cc3c([nH]c4ccccc34)[C@@H](CCc3ccccc3)N2C(=O)CN1C1CC1. The number of aromatic nitrogens is 1. The molecule has 3 aliphatic rings. The van der Waals surface area contributed by atoms with Crippen molar-refractivity contribution in [2.75, 3.05) is 6.54 Å². The van der Waals surface area contributed by atoms with Gasteiger partial charge in [0.1, 0.15) is 12.6 Å². The summed E-state index contributed by atoms with van der Waals surface area (Å²) in [7, 11) is 0.